The van der Waals surface area contributed by atoms with Crippen molar-refractivity contribution in [3.8, 4) is 11.8 Å². The van der Waals surface area contributed by atoms with Crippen molar-refractivity contribution in [1.29, 1.82) is 5.26 Å². The third-order valence-electron chi connectivity index (χ3n) is 5.27. The molecule has 7 heteroatoms. The van der Waals surface area contributed by atoms with Crippen molar-refractivity contribution >= 4 is 39.1 Å². The first-order chi connectivity index (χ1) is 15.5. The first-order valence-electron chi connectivity index (χ1n) is 9.66. The van der Waals surface area contributed by atoms with Crippen LogP contribution in [-0.2, 0) is 9.59 Å². The third-order valence-corrected chi connectivity index (χ3v) is 5.80. The molecule has 1 amide bonds. The van der Waals surface area contributed by atoms with E-state index in [0.29, 0.717) is 28.1 Å². The number of amides is 1. The quantitative estimate of drug-likeness (QED) is 0.318. The van der Waals surface area contributed by atoms with Gasteiger partial charge in [0.25, 0.3) is 11.7 Å². The van der Waals surface area contributed by atoms with Gasteiger partial charge in [-0.3, -0.25) is 14.5 Å². The molecule has 1 heterocycles. The monoisotopic (exact) mass is 488 g/mol. The van der Waals surface area contributed by atoms with E-state index in [1.807, 2.05) is 6.07 Å². The number of nitrogens with zero attached hydrogens (tertiary/aromatic N) is 2. The van der Waals surface area contributed by atoms with Gasteiger partial charge < -0.3 is 9.84 Å². The Labute approximate surface area is 193 Å². The summed E-state index contributed by atoms with van der Waals surface area (Å²) in [4.78, 5) is 27.7. The molecule has 1 aliphatic heterocycles. The number of methoxy groups -OCH3 is 1. The van der Waals surface area contributed by atoms with Crippen molar-refractivity contribution < 1.29 is 19.4 Å². The fraction of sp³-hybridized carbons (Fsp3) is 0.0800. The number of carbonyl (C=O) groups is 2. The number of hydrogen-bond acceptors (Lipinski definition) is 5. The maximum Gasteiger partial charge on any atom is 0.300 e. The van der Waals surface area contributed by atoms with E-state index in [0.717, 1.165) is 4.47 Å². The number of halogens is 1. The zero-order valence-electron chi connectivity index (χ0n) is 16.9. The van der Waals surface area contributed by atoms with E-state index in [1.54, 1.807) is 72.8 Å². The highest BCUT2D eigenvalue weighted by molar-refractivity contribution is 9.10. The molecule has 32 heavy (non-hydrogen) atoms. The number of Topliss-reactive ketones (excluding diaryl/α,β-unsaturated/α-hetero) is 1. The molecule has 0 spiro atoms. The van der Waals surface area contributed by atoms with Crippen LogP contribution >= 0.6 is 15.9 Å². The highest BCUT2D eigenvalue weighted by Crippen LogP contribution is 2.44. The summed E-state index contributed by atoms with van der Waals surface area (Å²) >= 11 is 3.35. The number of ketones is 1. The van der Waals surface area contributed by atoms with Crippen molar-refractivity contribution in [2.75, 3.05) is 12.0 Å². The van der Waals surface area contributed by atoms with E-state index >= 15 is 0 Å². The smallest absolute Gasteiger partial charge is 0.300 e. The number of aliphatic hydroxyl groups is 1. The molecular weight excluding hydrogens is 472 g/mol. The van der Waals surface area contributed by atoms with Gasteiger partial charge in [0, 0.05) is 21.3 Å². The normalized spacial score (nSPS) is 17.3. The Hall–Kier alpha value is -3.89. The van der Waals surface area contributed by atoms with Gasteiger partial charge in [0.2, 0.25) is 0 Å². The molecule has 1 atom stereocenters. The molecular formula is C25H17BrN2O4. The minimum Gasteiger partial charge on any atom is -0.507 e. The zero-order valence-corrected chi connectivity index (χ0v) is 18.5. The van der Waals surface area contributed by atoms with Gasteiger partial charge in [-0.15, -0.1) is 0 Å². The van der Waals surface area contributed by atoms with Crippen molar-refractivity contribution in [2.45, 2.75) is 6.04 Å². The van der Waals surface area contributed by atoms with Gasteiger partial charge >= 0.3 is 0 Å². The Balaban J connectivity index is 1.97. The predicted octanol–water partition coefficient (Wildman–Crippen LogP) is 4.96. The second-order valence-electron chi connectivity index (χ2n) is 7.08. The van der Waals surface area contributed by atoms with Crippen LogP contribution < -0.4 is 9.64 Å². The van der Waals surface area contributed by atoms with E-state index < -0.39 is 17.7 Å². The Bertz CT molecular complexity index is 1270. The van der Waals surface area contributed by atoms with Gasteiger partial charge in [-0.2, -0.15) is 5.26 Å². The highest BCUT2D eigenvalue weighted by atomic mass is 79.9. The zero-order chi connectivity index (χ0) is 22.8. The summed E-state index contributed by atoms with van der Waals surface area (Å²) in [7, 11) is 1.50. The summed E-state index contributed by atoms with van der Waals surface area (Å²) in [6.07, 6.45) is 0. The Morgan fingerprint density at radius 3 is 2.31 bits per heavy atom. The summed E-state index contributed by atoms with van der Waals surface area (Å²) in [5, 5.41) is 20.2. The molecule has 3 aromatic rings. The van der Waals surface area contributed by atoms with E-state index in [2.05, 4.69) is 15.9 Å². The summed E-state index contributed by atoms with van der Waals surface area (Å²) in [6.45, 7) is 0. The minimum absolute atomic E-state index is 0.0359. The minimum atomic E-state index is -0.914. The van der Waals surface area contributed by atoms with Gasteiger partial charge in [-0.05, 0) is 42.5 Å². The lowest BCUT2D eigenvalue weighted by Crippen LogP contribution is -2.29. The highest BCUT2D eigenvalue weighted by Gasteiger charge is 2.47. The van der Waals surface area contributed by atoms with E-state index in [-0.39, 0.29) is 11.3 Å². The number of ether oxygens (including phenoxy) is 1. The summed E-state index contributed by atoms with van der Waals surface area (Å²) in [5.74, 6) is -1.38. The Morgan fingerprint density at radius 1 is 1.03 bits per heavy atom. The van der Waals surface area contributed by atoms with E-state index in [1.165, 1.54) is 12.0 Å². The number of carbonyl (C=O) groups excluding carboxylic acids is 2. The molecule has 0 aliphatic carbocycles. The van der Waals surface area contributed by atoms with E-state index in [4.69, 9.17) is 10.00 Å². The lowest BCUT2D eigenvalue weighted by atomic mass is 9.94. The molecule has 0 saturated carbocycles. The number of rotatable bonds is 4. The topological polar surface area (TPSA) is 90.6 Å². The van der Waals surface area contributed by atoms with Gasteiger partial charge in [-0.25, -0.2) is 0 Å². The summed E-state index contributed by atoms with van der Waals surface area (Å²) < 4.78 is 6.31. The lowest BCUT2D eigenvalue weighted by molar-refractivity contribution is -0.132. The van der Waals surface area contributed by atoms with Crippen LogP contribution in [0.1, 0.15) is 22.7 Å². The molecule has 4 rings (SSSR count). The molecule has 0 bridgehead atoms. The van der Waals surface area contributed by atoms with Crippen molar-refractivity contribution in [3.05, 3.63) is 99.5 Å². The third kappa shape index (κ3) is 3.66. The number of anilines is 1. The van der Waals surface area contributed by atoms with Gasteiger partial charge in [0.15, 0.2) is 0 Å². The van der Waals surface area contributed by atoms with Crippen LogP contribution in [-0.4, -0.2) is 23.9 Å². The van der Waals surface area contributed by atoms with Crippen LogP contribution in [0.3, 0.4) is 0 Å². The first kappa shape index (κ1) is 21.3. The fourth-order valence-electron chi connectivity index (χ4n) is 3.75. The largest absolute Gasteiger partial charge is 0.507 e. The molecule has 6 nitrogen and oxygen atoms in total. The van der Waals surface area contributed by atoms with Gasteiger partial charge in [0.05, 0.1) is 30.4 Å². The summed E-state index contributed by atoms with van der Waals surface area (Å²) in [5.41, 5.74) is 1.78. The van der Waals surface area contributed by atoms with Crippen molar-refractivity contribution in [2.24, 2.45) is 0 Å². The maximum atomic E-state index is 13.2. The van der Waals surface area contributed by atoms with Crippen LogP contribution in [0.25, 0.3) is 5.76 Å². The second kappa shape index (κ2) is 8.69. The first-order valence-corrected chi connectivity index (χ1v) is 10.5. The van der Waals surface area contributed by atoms with Gasteiger partial charge in [-0.1, -0.05) is 46.3 Å². The number of hydrogen-bond donors (Lipinski definition) is 1. The standard InChI is InChI=1S/C25H17BrN2O4/c1-32-20-5-3-2-4-19(20)22-21(23(29)16-8-10-17(26)11-9-16)24(30)25(31)28(22)18-12-6-15(14-27)7-13-18/h2-13,22,29H,1H3/b23-21-. The maximum absolute atomic E-state index is 13.2. The molecule has 0 radical (unpaired) electrons. The van der Waals surface area contributed by atoms with Crippen molar-refractivity contribution in [3.63, 3.8) is 0 Å². The van der Waals surface area contributed by atoms with Crippen LogP contribution in [0.4, 0.5) is 5.69 Å². The lowest BCUT2D eigenvalue weighted by Gasteiger charge is -2.26. The van der Waals surface area contributed by atoms with Crippen LogP contribution in [0.5, 0.6) is 5.75 Å². The molecule has 1 aliphatic rings. The fourth-order valence-corrected chi connectivity index (χ4v) is 4.01. The molecule has 1 fully saturated rings. The van der Waals surface area contributed by atoms with E-state index in [9.17, 15) is 14.7 Å². The predicted molar refractivity (Wildman–Crippen MR) is 123 cm³/mol. The number of aliphatic hydroxyl groups excluding tert-OH is 1. The van der Waals surface area contributed by atoms with Crippen LogP contribution in [0.2, 0.25) is 0 Å². The molecule has 158 valence electrons. The Kier molecular flexibility index (Phi) is 5.80. The number of para-hydroxylation sites is 1. The average molecular weight is 489 g/mol. The molecule has 3 aromatic carbocycles. The molecule has 1 N–H and O–H groups in total. The average Bonchev–Trinajstić information content (AvgIpc) is 3.09. The molecule has 0 aromatic heterocycles. The molecule has 1 unspecified atom stereocenters. The van der Waals surface area contributed by atoms with Crippen LogP contribution in [0.15, 0.2) is 82.8 Å². The summed E-state index contributed by atoms with van der Waals surface area (Å²) in [6, 6.07) is 21.3. The Morgan fingerprint density at radius 2 is 1.69 bits per heavy atom. The molecule has 1 saturated heterocycles. The number of benzene rings is 3. The number of nitriles is 1. The SMILES string of the molecule is COc1ccccc1C1/C(=C(/O)c2ccc(Br)cc2)C(=O)C(=O)N1c1ccc(C#N)cc1. The second-order valence-corrected chi connectivity index (χ2v) is 7.99. The van der Waals surface area contributed by atoms with Crippen LogP contribution in [0, 0.1) is 11.3 Å². The van der Waals surface area contributed by atoms with Crippen molar-refractivity contribution in [1.82, 2.24) is 0 Å². The van der Waals surface area contributed by atoms with Gasteiger partial charge in [0.1, 0.15) is 11.5 Å².